The maximum Gasteiger partial charge on any atom is 0.418 e. The van der Waals surface area contributed by atoms with Gasteiger partial charge in [-0.15, -0.1) is 0 Å². The van der Waals surface area contributed by atoms with Crippen LogP contribution in [0.25, 0.3) is 0 Å². The fraction of sp³-hybridized carbons (Fsp3) is 0.154. The van der Waals surface area contributed by atoms with Gasteiger partial charge >= 0.3 is 6.18 Å². The molecule has 36 heavy (non-hydrogen) atoms. The van der Waals surface area contributed by atoms with Gasteiger partial charge in [-0.05, 0) is 29.8 Å². The molecule has 5 rings (SSSR count). The number of amidine groups is 2. The first-order chi connectivity index (χ1) is 17.3. The molecule has 10 heteroatoms. The smallest absolute Gasteiger partial charge is 0.325 e. The molecule has 3 aromatic carbocycles. The Morgan fingerprint density at radius 2 is 1.64 bits per heavy atom. The zero-order valence-electron chi connectivity index (χ0n) is 18.7. The second-order valence-corrected chi connectivity index (χ2v) is 9.08. The number of anilines is 1. The Bertz CT molecular complexity index is 1390. The Hall–Kier alpha value is -3.92. The van der Waals surface area contributed by atoms with Gasteiger partial charge in [0.25, 0.3) is 5.91 Å². The van der Waals surface area contributed by atoms with E-state index in [0.29, 0.717) is 28.7 Å². The molecule has 0 saturated carbocycles. The molecule has 0 aromatic heterocycles. The van der Waals surface area contributed by atoms with Crippen LogP contribution in [0.15, 0.2) is 88.8 Å². The van der Waals surface area contributed by atoms with Gasteiger partial charge in [-0.2, -0.15) is 18.2 Å². The topological polar surface area (TPSA) is 74.1 Å². The normalized spacial score (nSPS) is 16.7. The van der Waals surface area contributed by atoms with Crippen LogP contribution in [-0.2, 0) is 22.2 Å². The number of hydrogen-bond acceptors (Lipinski definition) is 5. The fourth-order valence-corrected chi connectivity index (χ4v) is 4.94. The van der Waals surface area contributed by atoms with Crippen molar-refractivity contribution in [3.63, 3.8) is 0 Å². The summed E-state index contributed by atoms with van der Waals surface area (Å²) in [4.78, 5) is 36.3. The quantitative estimate of drug-likeness (QED) is 0.509. The number of carbonyl (C=O) groups excluding carboxylic acids is 2. The Labute approximate surface area is 208 Å². The highest BCUT2D eigenvalue weighted by molar-refractivity contribution is 8.14. The van der Waals surface area contributed by atoms with Crippen LogP contribution in [-0.4, -0.2) is 39.5 Å². The molecule has 0 saturated heterocycles. The molecule has 1 unspecified atom stereocenters. The molecular weight excluding hydrogens is 489 g/mol. The van der Waals surface area contributed by atoms with Crippen LogP contribution in [0.5, 0.6) is 0 Å². The van der Waals surface area contributed by atoms with Crippen molar-refractivity contribution < 1.29 is 22.8 Å². The molecule has 2 amide bonds. The third-order valence-electron chi connectivity index (χ3n) is 5.72. The number of benzene rings is 3. The number of halogens is 3. The zero-order valence-corrected chi connectivity index (χ0v) is 19.5. The highest BCUT2D eigenvalue weighted by Crippen LogP contribution is 2.36. The minimum Gasteiger partial charge on any atom is -0.325 e. The molecule has 2 aliphatic heterocycles. The number of nitrogens with zero attached hydrogens (tertiary/aromatic N) is 3. The van der Waals surface area contributed by atoms with E-state index in [0.717, 1.165) is 23.4 Å². The van der Waals surface area contributed by atoms with E-state index < -0.39 is 23.7 Å². The molecule has 1 atom stereocenters. The van der Waals surface area contributed by atoms with Crippen molar-refractivity contribution in [3.8, 4) is 0 Å². The van der Waals surface area contributed by atoms with Crippen molar-refractivity contribution in [2.24, 2.45) is 9.98 Å². The number of para-hydroxylation sites is 2. The van der Waals surface area contributed by atoms with Crippen molar-refractivity contribution in [1.82, 2.24) is 4.90 Å². The molecular formula is C26H19F3N4O2S. The maximum atomic E-state index is 13.3. The van der Waals surface area contributed by atoms with Crippen molar-refractivity contribution in [2.45, 2.75) is 18.6 Å². The first kappa shape index (κ1) is 23.8. The van der Waals surface area contributed by atoms with Gasteiger partial charge in [0, 0.05) is 12.0 Å². The molecule has 0 fully saturated rings. The standard InChI is InChI=1S/C26H19F3N4O2S/c27-26(28,29)18-11-5-7-13-20(18)30-22(34)15-36-25-31-19-12-6-4-10-17(19)23-32-24(35)21(33(23)25)14-16-8-2-1-3-9-16/h1-13,21H,14-15H2,(H,30,34). The Balaban J connectivity index is 1.39. The average molecular weight is 509 g/mol. The molecule has 3 aromatic rings. The summed E-state index contributed by atoms with van der Waals surface area (Å²) in [6.45, 7) is 0. The lowest BCUT2D eigenvalue weighted by atomic mass is 10.0. The molecule has 0 aliphatic carbocycles. The van der Waals surface area contributed by atoms with Crippen LogP contribution >= 0.6 is 11.8 Å². The third kappa shape index (κ3) is 4.76. The van der Waals surface area contributed by atoms with E-state index in [1.54, 1.807) is 17.0 Å². The van der Waals surface area contributed by atoms with Gasteiger partial charge in [-0.25, -0.2) is 4.99 Å². The molecule has 182 valence electrons. The summed E-state index contributed by atoms with van der Waals surface area (Å²) in [5, 5.41) is 2.73. The summed E-state index contributed by atoms with van der Waals surface area (Å²) in [5.41, 5.74) is 1.01. The van der Waals surface area contributed by atoms with E-state index in [4.69, 9.17) is 0 Å². The second kappa shape index (κ2) is 9.62. The van der Waals surface area contributed by atoms with E-state index in [-0.39, 0.29) is 17.3 Å². The van der Waals surface area contributed by atoms with Gasteiger partial charge in [0.1, 0.15) is 11.9 Å². The number of hydrogen-bond donors (Lipinski definition) is 1. The van der Waals surface area contributed by atoms with Crippen molar-refractivity contribution >= 4 is 46.0 Å². The van der Waals surface area contributed by atoms with Gasteiger partial charge in [-0.1, -0.05) is 66.4 Å². The van der Waals surface area contributed by atoms with Crippen LogP contribution in [0.1, 0.15) is 16.7 Å². The predicted molar refractivity (Wildman–Crippen MR) is 133 cm³/mol. The summed E-state index contributed by atoms with van der Waals surface area (Å²) < 4.78 is 39.9. The molecule has 2 aliphatic rings. The van der Waals surface area contributed by atoms with Crippen molar-refractivity contribution in [2.75, 3.05) is 11.1 Å². The first-order valence-electron chi connectivity index (χ1n) is 11.0. The highest BCUT2D eigenvalue weighted by Gasteiger charge is 2.42. The molecule has 6 nitrogen and oxygen atoms in total. The van der Waals surface area contributed by atoms with Crippen LogP contribution in [0, 0.1) is 0 Å². The number of alkyl halides is 3. The minimum atomic E-state index is -4.60. The first-order valence-corrected chi connectivity index (χ1v) is 12.0. The zero-order chi connectivity index (χ0) is 25.3. The molecule has 0 bridgehead atoms. The van der Waals surface area contributed by atoms with E-state index in [1.807, 2.05) is 42.5 Å². The average Bonchev–Trinajstić information content (AvgIpc) is 3.19. The van der Waals surface area contributed by atoms with Crippen LogP contribution in [0.2, 0.25) is 0 Å². The lowest BCUT2D eigenvalue weighted by Gasteiger charge is -2.31. The van der Waals surface area contributed by atoms with E-state index in [1.165, 1.54) is 18.2 Å². The van der Waals surface area contributed by atoms with Crippen molar-refractivity contribution in [3.05, 3.63) is 95.6 Å². The fourth-order valence-electron chi connectivity index (χ4n) is 4.10. The molecule has 1 N–H and O–H groups in total. The molecule has 0 spiro atoms. The largest absolute Gasteiger partial charge is 0.418 e. The SMILES string of the molecule is O=C(CSC1=Nc2ccccc2C2=NC(=O)C(Cc3ccccc3)N12)Nc1ccccc1C(F)(F)F. The lowest BCUT2D eigenvalue weighted by Crippen LogP contribution is -2.45. The summed E-state index contributed by atoms with van der Waals surface area (Å²) in [5.74, 6) is -0.690. The Morgan fingerprint density at radius 1 is 0.944 bits per heavy atom. The van der Waals surface area contributed by atoms with Crippen LogP contribution in [0.3, 0.4) is 0 Å². The van der Waals surface area contributed by atoms with Gasteiger partial charge in [-0.3, -0.25) is 14.5 Å². The number of thioether (sulfide) groups is 1. The number of amides is 2. The van der Waals surface area contributed by atoms with E-state index >= 15 is 0 Å². The second-order valence-electron chi connectivity index (χ2n) is 8.14. The third-order valence-corrected chi connectivity index (χ3v) is 6.67. The summed E-state index contributed by atoms with van der Waals surface area (Å²) in [7, 11) is 0. The predicted octanol–water partition coefficient (Wildman–Crippen LogP) is 5.28. The summed E-state index contributed by atoms with van der Waals surface area (Å²) >= 11 is 1.04. The minimum absolute atomic E-state index is 0.205. The number of nitrogens with one attached hydrogen (secondary N) is 1. The van der Waals surface area contributed by atoms with Crippen LogP contribution in [0.4, 0.5) is 24.5 Å². The highest BCUT2D eigenvalue weighted by atomic mass is 32.2. The van der Waals surface area contributed by atoms with Gasteiger partial charge < -0.3 is 5.32 Å². The molecule has 0 radical (unpaired) electrons. The molecule has 2 heterocycles. The maximum absolute atomic E-state index is 13.3. The van der Waals surface area contributed by atoms with Gasteiger partial charge in [0.05, 0.1) is 22.7 Å². The summed E-state index contributed by atoms with van der Waals surface area (Å²) in [6.07, 6.45) is -4.21. The monoisotopic (exact) mass is 508 g/mol. The number of aliphatic imine (C=N–C) groups is 2. The Morgan fingerprint density at radius 3 is 2.42 bits per heavy atom. The number of fused-ring (bicyclic) bond motifs is 3. The number of rotatable bonds is 5. The van der Waals surface area contributed by atoms with E-state index in [2.05, 4.69) is 15.3 Å². The van der Waals surface area contributed by atoms with E-state index in [9.17, 15) is 22.8 Å². The number of carbonyl (C=O) groups is 2. The van der Waals surface area contributed by atoms with Crippen molar-refractivity contribution in [1.29, 1.82) is 0 Å². The lowest BCUT2D eigenvalue weighted by molar-refractivity contribution is -0.137. The van der Waals surface area contributed by atoms with Gasteiger partial charge in [0.2, 0.25) is 5.91 Å². The van der Waals surface area contributed by atoms with Crippen LogP contribution < -0.4 is 5.32 Å². The summed E-state index contributed by atoms with van der Waals surface area (Å²) in [6, 6.07) is 20.9. The van der Waals surface area contributed by atoms with Gasteiger partial charge in [0.15, 0.2) is 5.17 Å². The Kier molecular flexibility index (Phi) is 6.36.